The van der Waals surface area contributed by atoms with Gasteiger partial charge in [-0.15, -0.1) is 0 Å². The SMILES string of the molecule is CCCc1ccc(NC(=O)c2ccc(CN3CCN(C)CC3)cc2)cc1. The number of amides is 1. The van der Waals surface area contributed by atoms with Gasteiger partial charge in [-0.25, -0.2) is 0 Å². The van der Waals surface area contributed by atoms with Crippen molar-refractivity contribution in [3.05, 3.63) is 65.2 Å². The number of aryl methyl sites for hydroxylation is 1. The first-order chi connectivity index (χ1) is 12.6. The third kappa shape index (κ3) is 5.16. The number of hydrogen-bond acceptors (Lipinski definition) is 3. The molecule has 4 heteroatoms. The Morgan fingerprint density at radius 1 is 0.923 bits per heavy atom. The normalized spacial score (nSPS) is 15.8. The van der Waals surface area contributed by atoms with Gasteiger partial charge < -0.3 is 10.2 Å². The molecule has 0 radical (unpaired) electrons. The van der Waals surface area contributed by atoms with Crippen molar-refractivity contribution < 1.29 is 4.79 Å². The Morgan fingerprint density at radius 3 is 2.15 bits per heavy atom. The standard InChI is InChI=1S/C22H29N3O/c1-3-4-18-7-11-21(12-8-18)23-22(26)20-9-5-19(6-10-20)17-25-15-13-24(2)14-16-25/h5-12H,3-4,13-17H2,1-2H3,(H,23,26). The maximum absolute atomic E-state index is 12.4. The largest absolute Gasteiger partial charge is 0.322 e. The lowest BCUT2D eigenvalue weighted by atomic mass is 10.1. The van der Waals surface area contributed by atoms with Gasteiger partial charge in [0.25, 0.3) is 5.91 Å². The zero-order valence-electron chi connectivity index (χ0n) is 15.9. The minimum absolute atomic E-state index is 0.0561. The summed E-state index contributed by atoms with van der Waals surface area (Å²) in [5, 5.41) is 2.98. The van der Waals surface area contributed by atoms with Gasteiger partial charge in [-0.1, -0.05) is 37.6 Å². The van der Waals surface area contributed by atoms with Crippen molar-refractivity contribution in [3.63, 3.8) is 0 Å². The first kappa shape index (κ1) is 18.6. The molecule has 1 aliphatic heterocycles. The molecule has 138 valence electrons. The van der Waals surface area contributed by atoms with Crippen LogP contribution in [0.25, 0.3) is 0 Å². The van der Waals surface area contributed by atoms with E-state index in [9.17, 15) is 4.79 Å². The first-order valence-electron chi connectivity index (χ1n) is 9.54. The highest BCUT2D eigenvalue weighted by Gasteiger charge is 2.14. The van der Waals surface area contributed by atoms with Gasteiger partial charge in [0.05, 0.1) is 0 Å². The van der Waals surface area contributed by atoms with Gasteiger partial charge in [-0.3, -0.25) is 9.69 Å². The zero-order valence-corrected chi connectivity index (χ0v) is 15.9. The second-order valence-corrected chi connectivity index (χ2v) is 7.18. The molecular formula is C22H29N3O. The third-order valence-corrected chi connectivity index (χ3v) is 4.97. The molecule has 0 aromatic heterocycles. The van der Waals surface area contributed by atoms with E-state index in [0.717, 1.165) is 51.3 Å². The molecule has 0 unspecified atom stereocenters. The summed E-state index contributed by atoms with van der Waals surface area (Å²) in [5.41, 5.74) is 4.11. The van der Waals surface area contributed by atoms with E-state index in [1.54, 1.807) is 0 Å². The molecule has 1 fully saturated rings. The van der Waals surface area contributed by atoms with Crippen molar-refractivity contribution in [2.75, 3.05) is 38.5 Å². The number of carbonyl (C=O) groups is 1. The lowest BCUT2D eigenvalue weighted by molar-refractivity contribution is 0.102. The number of piperazine rings is 1. The summed E-state index contributed by atoms with van der Waals surface area (Å²) in [6.07, 6.45) is 2.20. The summed E-state index contributed by atoms with van der Waals surface area (Å²) in [7, 11) is 2.17. The minimum atomic E-state index is -0.0561. The fourth-order valence-electron chi connectivity index (χ4n) is 3.27. The molecule has 4 nitrogen and oxygen atoms in total. The van der Waals surface area contributed by atoms with Crippen molar-refractivity contribution in [2.24, 2.45) is 0 Å². The highest BCUT2D eigenvalue weighted by molar-refractivity contribution is 6.04. The van der Waals surface area contributed by atoms with Gasteiger partial charge in [-0.2, -0.15) is 0 Å². The molecule has 1 aliphatic rings. The van der Waals surface area contributed by atoms with E-state index in [0.29, 0.717) is 5.56 Å². The van der Waals surface area contributed by atoms with Crippen LogP contribution in [-0.4, -0.2) is 48.9 Å². The number of anilines is 1. The molecule has 2 aromatic rings. The van der Waals surface area contributed by atoms with E-state index in [-0.39, 0.29) is 5.91 Å². The molecule has 0 spiro atoms. The Bertz CT molecular complexity index is 701. The van der Waals surface area contributed by atoms with Crippen LogP contribution in [0.5, 0.6) is 0 Å². The van der Waals surface area contributed by atoms with Gasteiger partial charge in [0.2, 0.25) is 0 Å². The van der Waals surface area contributed by atoms with E-state index in [1.807, 2.05) is 24.3 Å². The van der Waals surface area contributed by atoms with Crippen LogP contribution in [0, 0.1) is 0 Å². The Balaban J connectivity index is 1.54. The van der Waals surface area contributed by atoms with Crippen LogP contribution in [0.4, 0.5) is 5.69 Å². The second kappa shape index (κ2) is 8.97. The average molecular weight is 351 g/mol. The Hall–Kier alpha value is -2.17. The number of benzene rings is 2. The molecule has 0 atom stereocenters. The maximum atomic E-state index is 12.4. The zero-order chi connectivity index (χ0) is 18.4. The third-order valence-electron chi connectivity index (χ3n) is 4.97. The van der Waals surface area contributed by atoms with Crippen LogP contribution in [0.15, 0.2) is 48.5 Å². The van der Waals surface area contributed by atoms with E-state index >= 15 is 0 Å². The maximum Gasteiger partial charge on any atom is 0.255 e. The van der Waals surface area contributed by atoms with Crippen LogP contribution in [0.3, 0.4) is 0 Å². The Kier molecular flexibility index (Phi) is 6.42. The molecule has 26 heavy (non-hydrogen) atoms. The molecular weight excluding hydrogens is 322 g/mol. The summed E-state index contributed by atoms with van der Waals surface area (Å²) in [4.78, 5) is 17.3. The fraction of sp³-hybridized carbons (Fsp3) is 0.409. The van der Waals surface area contributed by atoms with E-state index in [4.69, 9.17) is 0 Å². The Labute approximate surface area is 156 Å². The summed E-state index contributed by atoms with van der Waals surface area (Å²) in [6, 6.07) is 16.1. The molecule has 2 aromatic carbocycles. The molecule has 0 bridgehead atoms. The van der Waals surface area contributed by atoms with Crippen molar-refractivity contribution in [3.8, 4) is 0 Å². The molecule has 1 amide bonds. The predicted molar refractivity (Wildman–Crippen MR) is 108 cm³/mol. The highest BCUT2D eigenvalue weighted by Crippen LogP contribution is 2.14. The number of likely N-dealkylation sites (N-methyl/N-ethyl adjacent to an activating group) is 1. The molecule has 1 heterocycles. The monoisotopic (exact) mass is 351 g/mol. The summed E-state index contributed by atoms with van der Waals surface area (Å²) >= 11 is 0. The molecule has 0 aliphatic carbocycles. The summed E-state index contributed by atoms with van der Waals surface area (Å²) in [5.74, 6) is -0.0561. The number of carbonyl (C=O) groups excluding carboxylic acids is 1. The van der Waals surface area contributed by atoms with Crippen molar-refractivity contribution in [1.82, 2.24) is 9.80 Å². The Morgan fingerprint density at radius 2 is 1.54 bits per heavy atom. The van der Waals surface area contributed by atoms with E-state index < -0.39 is 0 Å². The van der Waals surface area contributed by atoms with Gasteiger partial charge in [-0.05, 0) is 48.9 Å². The van der Waals surface area contributed by atoms with Crippen LogP contribution < -0.4 is 5.32 Å². The number of nitrogens with one attached hydrogen (secondary N) is 1. The molecule has 1 saturated heterocycles. The predicted octanol–water partition coefficient (Wildman–Crippen LogP) is 3.64. The quantitative estimate of drug-likeness (QED) is 0.863. The first-order valence-corrected chi connectivity index (χ1v) is 9.54. The number of hydrogen-bond donors (Lipinski definition) is 1. The van der Waals surface area contributed by atoms with Crippen LogP contribution in [-0.2, 0) is 13.0 Å². The lowest BCUT2D eigenvalue weighted by Gasteiger charge is -2.32. The minimum Gasteiger partial charge on any atom is -0.322 e. The molecule has 3 rings (SSSR count). The van der Waals surface area contributed by atoms with Crippen molar-refractivity contribution in [1.29, 1.82) is 0 Å². The highest BCUT2D eigenvalue weighted by atomic mass is 16.1. The van der Waals surface area contributed by atoms with Crippen LogP contribution in [0.2, 0.25) is 0 Å². The van der Waals surface area contributed by atoms with E-state index in [2.05, 4.69) is 53.4 Å². The summed E-state index contributed by atoms with van der Waals surface area (Å²) < 4.78 is 0. The molecule has 0 saturated carbocycles. The lowest BCUT2D eigenvalue weighted by Crippen LogP contribution is -2.43. The van der Waals surface area contributed by atoms with Crippen molar-refractivity contribution >= 4 is 11.6 Å². The van der Waals surface area contributed by atoms with Gasteiger partial charge in [0.15, 0.2) is 0 Å². The van der Waals surface area contributed by atoms with Crippen LogP contribution in [0.1, 0.15) is 34.8 Å². The second-order valence-electron chi connectivity index (χ2n) is 7.18. The van der Waals surface area contributed by atoms with Crippen molar-refractivity contribution in [2.45, 2.75) is 26.3 Å². The number of nitrogens with zero attached hydrogens (tertiary/aromatic N) is 2. The summed E-state index contributed by atoms with van der Waals surface area (Å²) in [6.45, 7) is 7.58. The average Bonchev–Trinajstić information content (AvgIpc) is 2.66. The van der Waals surface area contributed by atoms with Crippen LogP contribution >= 0.6 is 0 Å². The van der Waals surface area contributed by atoms with Gasteiger partial charge >= 0.3 is 0 Å². The smallest absolute Gasteiger partial charge is 0.255 e. The number of rotatable bonds is 6. The van der Waals surface area contributed by atoms with Gasteiger partial charge in [0, 0.05) is 44.0 Å². The topological polar surface area (TPSA) is 35.6 Å². The molecule has 1 N–H and O–H groups in total. The van der Waals surface area contributed by atoms with Gasteiger partial charge in [0.1, 0.15) is 0 Å². The van der Waals surface area contributed by atoms with E-state index in [1.165, 1.54) is 11.1 Å². The fourth-order valence-corrected chi connectivity index (χ4v) is 3.27.